The van der Waals surface area contributed by atoms with Crippen LogP contribution < -0.4 is 5.32 Å². The summed E-state index contributed by atoms with van der Waals surface area (Å²) >= 11 is 5.67. The Labute approximate surface area is 98.4 Å². The number of hydrogen-bond acceptors (Lipinski definition) is 2. The smallest absolute Gasteiger partial charge is 0.184 e. The third-order valence-electron chi connectivity index (χ3n) is 2.42. The first-order valence-corrected chi connectivity index (χ1v) is 5.55. The quantitative estimate of drug-likeness (QED) is 0.886. The maximum absolute atomic E-state index is 13.6. The van der Waals surface area contributed by atoms with Gasteiger partial charge in [0, 0.05) is 23.5 Å². The van der Waals surface area contributed by atoms with E-state index >= 15 is 0 Å². The Bertz CT molecular complexity index is 507. The van der Waals surface area contributed by atoms with E-state index in [1.807, 2.05) is 0 Å². The third kappa shape index (κ3) is 2.06. The van der Waals surface area contributed by atoms with Crippen LogP contribution in [-0.2, 0) is 6.54 Å². The van der Waals surface area contributed by atoms with Crippen molar-refractivity contribution in [3.8, 4) is 0 Å². The zero-order chi connectivity index (χ0) is 11.7. The maximum Gasteiger partial charge on any atom is 0.184 e. The largest absolute Gasteiger partial charge is 0.461 e. The molecule has 1 heterocycles. The van der Waals surface area contributed by atoms with Crippen molar-refractivity contribution in [1.82, 2.24) is 5.32 Å². The molecule has 0 aliphatic rings. The molecule has 2 aromatic rings. The van der Waals surface area contributed by atoms with E-state index in [-0.39, 0.29) is 10.6 Å². The van der Waals surface area contributed by atoms with Crippen LogP contribution in [0, 0.1) is 5.82 Å². The Morgan fingerprint density at radius 1 is 1.44 bits per heavy atom. The minimum atomic E-state index is -0.491. The zero-order valence-electron chi connectivity index (χ0n) is 9.18. The van der Waals surface area contributed by atoms with Gasteiger partial charge in [0.15, 0.2) is 11.4 Å². The second-order valence-electron chi connectivity index (χ2n) is 4.03. The third-order valence-corrected chi connectivity index (χ3v) is 2.71. The summed E-state index contributed by atoms with van der Waals surface area (Å²) in [5.41, 5.74) is 1.17. The monoisotopic (exact) mass is 241 g/mol. The van der Waals surface area contributed by atoms with Crippen molar-refractivity contribution in [2.75, 3.05) is 0 Å². The lowest BCUT2D eigenvalue weighted by Crippen LogP contribution is -2.21. The predicted molar refractivity (Wildman–Crippen MR) is 63.2 cm³/mol. The summed E-state index contributed by atoms with van der Waals surface area (Å²) < 4.78 is 18.8. The molecule has 2 rings (SSSR count). The van der Waals surface area contributed by atoms with Crippen LogP contribution in [0.2, 0.25) is 5.02 Å². The van der Waals surface area contributed by atoms with E-state index < -0.39 is 5.82 Å². The number of rotatable bonds is 3. The average Bonchev–Trinajstić information content (AvgIpc) is 2.64. The molecule has 2 nitrogen and oxygen atoms in total. The van der Waals surface area contributed by atoms with Crippen LogP contribution >= 0.6 is 11.6 Å². The predicted octanol–water partition coefficient (Wildman–Crippen LogP) is 3.72. The molecule has 86 valence electrons. The summed E-state index contributed by atoms with van der Waals surface area (Å²) in [5, 5.41) is 4.12. The van der Waals surface area contributed by atoms with Crippen LogP contribution in [-0.4, -0.2) is 6.04 Å². The maximum atomic E-state index is 13.6. The highest BCUT2D eigenvalue weighted by atomic mass is 35.5. The highest BCUT2D eigenvalue weighted by Crippen LogP contribution is 2.28. The van der Waals surface area contributed by atoms with Crippen molar-refractivity contribution in [2.45, 2.75) is 26.4 Å². The van der Waals surface area contributed by atoms with Crippen LogP contribution in [0.3, 0.4) is 0 Å². The molecule has 0 saturated carbocycles. The fraction of sp³-hybridized carbons (Fsp3) is 0.333. The van der Waals surface area contributed by atoms with E-state index in [0.717, 1.165) is 10.9 Å². The fourth-order valence-corrected chi connectivity index (χ4v) is 1.69. The van der Waals surface area contributed by atoms with E-state index in [1.165, 1.54) is 0 Å². The summed E-state index contributed by atoms with van der Waals surface area (Å²) in [6.07, 6.45) is 1.57. The minimum Gasteiger partial charge on any atom is -0.461 e. The van der Waals surface area contributed by atoms with Crippen LogP contribution in [0.25, 0.3) is 11.0 Å². The molecular formula is C12H13ClFNO. The van der Waals surface area contributed by atoms with Crippen LogP contribution in [0.5, 0.6) is 0 Å². The van der Waals surface area contributed by atoms with E-state index in [1.54, 1.807) is 18.4 Å². The van der Waals surface area contributed by atoms with Gasteiger partial charge in [0.25, 0.3) is 0 Å². The van der Waals surface area contributed by atoms with Crippen molar-refractivity contribution in [3.05, 3.63) is 34.8 Å². The second-order valence-corrected chi connectivity index (χ2v) is 4.44. The van der Waals surface area contributed by atoms with Gasteiger partial charge in [-0.15, -0.1) is 0 Å². The molecule has 4 heteroatoms. The van der Waals surface area contributed by atoms with E-state index in [9.17, 15) is 4.39 Å². The number of hydrogen-bond donors (Lipinski definition) is 1. The molecule has 16 heavy (non-hydrogen) atoms. The van der Waals surface area contributed by atoms with Gasteiger partial charge in [-0.25, -0.2) is 4.39 Å². The van der Waals surface area contributed by atoms with Gasteiger partial charge >= 0.3 is 0 Å². The number of furan rings is 1. The molecular weight excluding hydrogens is 229 g/mol. The molecule has 1 aromatic heterocycles. The van der Waals surface area contributed by atoms with Crippen LogP contribution in [0.15, 0.2) is 22.8 Å². The van der Waals surface area contributed by atoms with E-state index in [4.69, 9.17) is 16.0 Å². The summed E-state index contributed by atoms with van der Waals surface area (Å²) in [4.78, 5) is 0. The minimum absolute atomic E-state index is 0.0882. The first-order chi connectivity index (χ1) is 7.59. The Balaban J connectivity index is 2.38. The highest BCUT2D eigenvalue weighted by molar-refractivity contribution is 6.31. The van der Waals surface area contributed by atoms with Gasteiger partial charge in [-0.2, -0.15) is 0 Å². The normalized spacial score (nSPS) is 11.6. The first kappa shape index (κ1) is 11.4. The van der Waals surface area contributed by atoms with Gasteiger partial charge in [0.1, 0.15) is 0 Å². The van der Waals surface area contributed by atoms with Gasteiger partial charge in [-0.05, 0) is 12.1 Å². The Hall–Kier alpha value is -1.06. The first-order valence-electron chi connectivity index (χ1n) is 5.17. The Morgan fingerprint density at radius 3 is 2.88 bits per heavy atom. The number of halogens is 2. The zero-order valence-corrected chi connectivity index (χ0v) is 9.94. The van der Waals surface area contributed by atoms with Crippen LogP contribution in [0.1, 0.15) is 19.4 Å². The molecule has 0 atom stereocenters. The molecule has 0 bridgehead atoms. The van der Waals surface area contributed by atoms with Crippen molar-refractivity contribution in [1.29, 1.82) is 0 Å². The Morgan fingerprint density at radius 2 is 2.19 bits per heavy atom. The highest BCUT2D eigenvalue weighted by Gasteiger charge is 2.12. The van der Waals surface area contributed by atoms with Gasteiger partial charge in [0.05, 0.1) is 11.3 Å². The molecule has 0 aliphatic heterocycles. The van der Waals surface area contributed by atoms with E-state index in [0.29, 0.717) is 12.6 Å². The lowest BCUT2D eigenvalue weighted by Gasteiger charge is -2.06. The summed E-state index contributed by atoms with van der Waals surface area (Å²) in [5.74, 6) is -0.491. The number of nitrogens with one attached hydrogen (secondary N) is 1. The van der Waals surface area contributed by atoms with Crippen molar-refractivity contribution in [3.63, 3.8) is 0 Å². The fourth-order valence-electron chi connectivity index (χ4n) is 1.54. The molecule has 0 saturated heterocycles. The molecule has 0 aliphatic carbocycles. The second kappa shape index (κ2) is 4.44. The standard InChI is InChI=1S/C12H13ClFNO/c1-7(2)15-5-8-6-16-12-9(8)3-4-10(13)11(12)14/h3-4,6-7,15H,5H2,1-2H3. The average molecular weight is 242 g/mol. The number of fused-ring (bicyclic) bond motifs is 1. The lowest BCUT2D eigenvalue weighted by atomic mass is 10.1. The lowest BCUT2D eigenvalue weighted by molar-refractivity contribution is 0.550. The van der Waals surface area contributed by atoms with Gasteiger partial charge in [-0.3, -0.25) is 0 Å². The summed E-state index contributed by atoms with van der Waals surface area (Å²) in [7, 11) is 0. The molecule has 0 radical (unpaired) electrons. The number of benzene rings is 1. The molecule has 1 N–H and O–H groups in total. The molecule has 1 aromatic carbocycles. The van der Waals surface area contributed by atoms with Crippen molar-refractivity contribution >= 4 is 22.6 Å². The van der Waals surface area contributed by atoms with Gasteiger partial charge in [0.2, 0.25) is 0 Å². The van der Waals surface area contributed by atoms with Gasteiger partial charge in [-0.1, -0.05) is 25.4 Å². The van der Waals surface area contributed by atoms with Crippen molar-refractivity contribution in [2.24, 2.45) is 0 Å². The van der Waals surface area contributed by atoms with Crippen LogP contribution in [0.4, 0.5) is 4.39 Å². The summed E-state index contributed by atoms with van der Waals surface area (Å²) in [6.45, 7) is 4.77. The molecule has 0 spiro atoms. The molecule has 0 fully saturated rings. The van der Waals surface area contributed by atoms with Crippen molar-refractivity contribution < 1.29 is 8.81 Å². The molecule has 0 unspecified atom stereocenters. The van der Waals surface area contributed by atoms with Gasteiger partial charge < -0.3 is 9.73 Å². The SMILES string of the molecule is CC(C)NCc1coc2c(F)c(Cl)ccc12. The Kier molecular flexibility index (Phi) is 3.17. The van der Waals surface area contributed by atoms with E-state index in [2.05, 4.69) is 19.2 Å². The summed E-state index contributed by atoms with van der Waals surface area (Å²) in [6, 6.07) is 3.71. The topological polar surface area (TPSA) is 25.2 Å². The molecule has 0 amide bonds.